The molecule has 1 aromatic heterocycles. The minimum absolute atomic E-state index is 0.0228. The summed E-state index contributed by atoms with van der Waals surface area (Å²) in [6.07, 6.45) is 0.299. The highest BCUT2D eigenvalue weighted by molar-refractivity contribution is 5.95. The maximum atomic E-state index is 11.8. The molecule has 18 heavy (non-hydrogen) atoms. The van der Waals surface area contributed by atoms with Crippen LogP contribution >= 0.6 is 0 Å². The highest BCUT2D eigenvalue weighted by Crippen LogP contribution is 2.04. The largest absolute Gasteiger partial charge is 0.481 e. The van der Waals surface area contributed by atoms with Crippen molar-refractivity contribution in [2.45, 2.75) is 26.7 Å². The van der Waals surface area contributed by atoms with Crippen LogP contribution in [0.4, 0.5) is 0 Å². The first-order valence-corrected chi connectivity index (χ1v) is 5.49. The highest BCUT2D eigenvalue weighted by Gasteiger charge is 2.15. The number of carboxylic acid groups (broad SMARTS) is 1. The van der Waals surface area contributed by atoms with Crippen LogP contribution in [0.15, 0.2) is 4.79 Å². The van der Waals surface area contributed by atoms with Crippen molar-refractivity contribution in [3.8, 4) is 0 Å². The second-order valence-electron chi connectivity index (χ2n) is 3.89. The van der Waals surface area contributed by atoms with Gasteiger partial charge in [0.2, 0.25) is 0 Å². The Balaban J connectivity index is 2.70. The molecule has 1 rings (SSSR count). The van der Waals surface area contributed by atoms with Crippen molar-refractivity contribution >= 4 is 11.9 Å². The summed E-state index contributed by atoms with van der Waals surface area (Å²) in [5, 5.41) is 16.9. The van der Waals surface area contributed by atoms with Crippen LogP contribution in [0.25, 0.3) is 0 Å². The summed E-state index contributed by atoms with van der Waals surface area (Å²) in [4.78, 5) is 33.6. The molecule has 0 aliphatic heterocycles. The van der Waals surface area contributed by atoms with Crippen molar-refractivity contribution in [3.05, 3.63) is 27.2 Å². The topological polar surface area (TPSA) is 112 Å². The SMILES string of the molecule is Cc1n[nH]c(=O)c(C(=O)NCCCC(=O)O)c1C. The second-order valence-corrected chi connectivity index (χ2v) is 3.89. The van der Waals surface area contributed by atoms with Crippen molar-refractivity contribution in [2.24, 2.45) is 0 Å². The predicted octanol–water partition coefficient (Wildman–Crippen LogP) is -0.0187. The minimum Gasteiger partial charge on any atom is -0.481 e. The molecule has 3 N–H and O–H groups in total. The van der Waals surface area contributed by atoms with Crippen molar-refractivity contribution in [1.82, 2.24) is 15.5 Å². The summed E-state index contributed by atoms with van der Waals surface area (Å²) >= 11 is 0. The predicted molar refractivity (Wildman–Crippen MR) is 63.5 cm³/mol. The summed E-state index contributed by atoms with van der Waals surface area (Å²) in [6, 6.07) is 0. The Bertz CT molecular complexity index is 522. The second kappa shape index (κ2) is 5.95. The molecule has 0 aliphatic rings. The van der Waals surface area contributed by atoms with E-state index < -0.39 is 17.4 Å². The molecule has 0 spiro atoms. The first-order chi connectivity index (χ1) is 8.43. The summed E-state index contributed by atoms with van der Waals surface area (Å²) in [5.74, 6) is -1.43. The number of H-pyrrole nitrogens is 1. The fourth-order valence-electron chi connectivity index (χ4n) is 1.43. The van der Waals surface area contributed by atoms with Crippen molar-refractivity contribution < 1.29 is 14.7 Å². The van der Waals surface area contributed by atoms with Crippen LogP contribution in [-0.2, 0) is 4.79 Å². The van der Waals surface area contributed by atoms with E-state index in [0.717, 1.165) is 0 Å². The van der Waals surface area contributed by atoms with Crippen LogP contribution in [0.5, 0.6) is 0 Å². The van der Waals surface area contributed by atoms with Gasteiger partial charge in [0, 0.05) is 13.0 Å². The lowest BCUT2D eigenvalue weighted by atomic mass is 10.1. The van der Waals surface area contributed by atoms with E-state index in [1.54, 1.807) is 13.8 Å². The van der Waals surface area contributed by atoms with Crippen LogP contribution in [0.1, 0.15) is 34.5 Å². The van der Waals surface area contributed by atoms with Gasteiger partial charge in [0.1, 0.15) is 5.56 Å². The molecule has 0 aliphatic carbocycles. The number of carbonyl (C=O) groups is 2. The Hall–Kier alpha value is -2.18. The van der Waals surface area contributed by atoms with Gasteiger partial charge in [-0.2, -0.15) is 5.10 Å². The third-order valence-electron chi connectivity index (χ3n) is 2.55. The highest BCUT2D eigenvalue weighted by atomic mass is 16.4. The van der Waals surface area contributed by atoms with E-state index in [0.29, 0.717) is 17.7 Å². The van der Waals surface area contributed by atoms with Gasteiger partial charge in [0.15, 0.2) is 0 Å². The van der Waals surface area contributed by atoms with E-state index in [1.807, 2.05) is 0 Å². The maximum Gasteiger partial charge on any atom is 0.303 e. The number of nitrogens with one attached hydrogen (secondary N) is 2. The molecule has 0 saturated heterocycles. The van der Waals surface area contributed by atoms with Gasteiger partial charge in [-0.05, 0) is 25.8 Å². The lowest BCUT2D eigenvalue weighted by Gasteiger charge is -2.07. The fourth-order valence-corrected chi connectivity index (χ4v) is 1.43. The van der Waals surface area contributed by atoms with E-state index in [-0.39, 0.29) is 18.5 Å². The third kappa shape index (κ3) is 3.41. The van der Waals surface area contributed by atoms with Gasteiger partial charge in [-0.25, -0.2) is 5.10 Å². The molecule has 0 saturated carbocycles. The van der Waals surface area contributed by atoms with Gasteiger partial charge in [0.05, 0.1) is 5.69 Å². The van der Waals surface area contributed by atoms with Crippen molar-refractivity contribution in [1.29, 1.82) is 0 Å². The number of aryl methyl sites for hydroxylation is 1. The number of hydrogen-bond donors (Lipinski definition) is 3. The zero-order chi connectivity index (χ0) is 13.7. The van der Waals surface area contributed by atoms with E-state index in [9.17, 15) is 14.4 Å². The molecular formula is C11H15N3O4. The number of rotatable bonds is 5. The number of hydrogen-bond acceptors (Lipinski definition) is 4. The quantitative estimate of drug-likeness (QED) is 0.638. The Morgan fingerprint density at radius 1 is 1.39 bits per heavy atom. The molecule has 0 unspecified atom stereocenters. The number of carbonyl (C=O) groups excluding carboxylic acids is 1. The average Bonchev–Trinajstić information content (AvgIpc) is 2.30. The van der Waals surface area contributed by atoms with Crippen LogP contribution in [0.3, 0.4) is 0 Å². The first-order valence-electron chi connectivity index (χ1n) is 5.49. The summed E-state index contributed by atoms with van der Waals surface area (Å²) in [6.45, 7) is 3.54. The Morgan fingerprint density at radius 2 is 2.06 bits per heavy atom. The molecular weight excluding hydrogens is 238 g/mol. The molecule has 1 heterocycles. The molecule has 7 heteroatoms. The number of aliphatic carboxylic acids is 1. The molecule has 7 nitrogen and oxygen atoms in total. The van der Waals surface area contributed by atoms with E-state index in [1.165, 1.54) is 0 Å². The van der Waals surface area contributed by atoms with Crippen LogP contribution < -0.4 is 10.9 Å². The Labute approximate surface area is 103 Å². The molecule has 0 atom stereocenters. The number of amides is 1. The van der Waals surface area contributed by atoms with Crippen molar-refractivity contribution in [2.75, 3.05) is 6.54 Å². The smallest absolute Gasteiger partial charge is 0.303 e. The van der Waals surface area contributed by atoms with Gasteiger partial charge in [-0.1, -0.05) is 0 Å². The minimum atomic E-state index is -0.918. The molecule has 1 aromatic rings. The maximum absolute atomic E-state index is 11.8. The summed E-state index contributed by atoms with van der Waals surface area (Å²) in [5.41, 5.74) is 0.575. The van der Waals surface area contributed by atoms with E-state index >= 15 is 0 Å². The fraction of sp³-hybridized carbons (Fsp3) is 0.455. The zero-order valence-corrected chi connectivity index (χ0v) is 10.2. The number of aromatic amines is 1. The average molecular weight is 253 g/mol. The molecule has 0 fully saturated rings. The lowest BCUT2D eigenvalue weighted by molar-refractivity contribution is -0.137. The van der Waals surface area contributed by atoms with Gasteiger partial charge in [0.25, 0.3) is 11.5 Å². The number of aromatic nitrogens is 2. The molecule has 1 amide bonds. The normalized spacial score (nSPS) is 10.1. The van der Waals surface area contributed by atoms with Gasteiger partial charge in [-0.15, -0.1) is 0 Å². The standard InChI is InChI=1S/C11H15N3O4/c1-6-7(2)13-14-11(18)9(6)10(17)12-5-3-4-8(15)16/h3-5H2,1-2H3,(H,12,17)(H,14,18)(H,15,16). The molecule has 98 valence electrons. The Morgan fingerprint density at radius 3 is 2.67 bits per heavy atom. The van der Waals surface area contributed by atoms with Gasteiger partial charge < -0.3 is 10.4 Å². The van der Waals surface area contributed by atoms with Crippen molar-refractivity contribution in [3.63, 3.8) is 0 Å². The number of nitrogens with zero attached hydrogens (tertiary/aromatic N) is 1. The molecule has 0 radical (unpaired) electrons. The third-order valence-corrected chi connectivity index (χ3v) is 2.55. The van der Waals surface area contributed by atoms with Crippen LogP contribution in [0.2, 0.25) is 0 Å². The van der Waals surface area contributed by atoms with Gasteiger partial charge >= 0.3 is 5.97 Å². The van der Waals surface area contributed by atoms with Crippen LogP contribution in [0, 0.1) is 13.8 Å². The van der Waals surface area contributed by atoms with E-state index in [2.05, 4.69) is 15.5 Å². The Kier molecular flexibility index (Phi) is 4.59. The van der Waals surface area contributed by atoms with Crippen LogP contribution in [-0.4, -0.2) is 33.7 Å². The molecule has 0 bridgehead atoms. The van der Waals surface area contributed by atoms with E-state index in [4.69, 9.17) is 5.11 Å². The monoisotopic (exact) mass is 253 g/mol. The van der Waals surface area contributed by atoms with Gasteiger partial charge in [-0.3, -0.25) is 14.4 Å². The zero-order valence-electron chi connectivity index (χ0n) is 10.2. The summed E-state index contributed by atoms with van der Waals surface area (Å²) < 4.78 is 0. The summed E-state index contributed by atoms with van der Waals surface area (Å²) in [7, 11) is 0. The lowest BCUT2D eigenvalue weighted by Crippen LogP contribution is -2.32. The first kappa shape index (κ1) is 13.9. The number of carboxylic acids is 1. The molecule has 0 aromatic carbocycles.